The number of nitrogens with one attached hydrogen (secondary N) is 1. The van der Waals surface area contributed by atoms with E-state index in [4.69, 9.17) is 23.2 Å². The minimum atomic E-state index is 0.433. The maximum absolute atomic E-state index is 6.41. The Morgan fingerprint density at radius 1 is 0.935 bits per heavy atom. The van der Waals surface area contributed by atoms with E-state index >= 15 is 0 Å². The second-order valence-electron chi connectivity index (χ2n) is 8.53. The molecule has 0 bridgehead atoms. The van der Waals surface area contributed by atoms with Crippen LogP contribution in [0.5, 0.6) is 0 Å². The lowest BCUT2D eigenvalue weighted by molar-refractivity contribution is 0.312. The summed E-state index contributed by atoms with van der Waals surface area (Å²) < 4.78 is 0. The number of piperazine rings is 1. The lowest BCUT2D eigenvalue weighted by Gasteiger charge is -2.33. The summed E-state index contributed by atoms with van der Waals surface area (Å²) in [5, 5.41) is 15.7. The van der Waals surface area contributed by atoms with Crippen molar-refractivity contribution < 1.29 is 0 Å². The fourth-order valence-corrected chi connectivity index (χ4v) is 4.83. The Morgan fingerprint density at radius 3 is 2.39 bits per heavy atom. The van der Waals surface area contributed by atoms with E-state index in [2.05, 4.69) is 43.4 Å². The van der Waals surface area contributed by atoms with E-state index in [1.807, 2.05) is 24.4 Å². The number of hydrogen-bond donors (Lipinski definition) is 1. The van der Waals surface area contributed by atoms with Crippen molar-refractivity contribution >= 4 is 45.6 Å². The Morgan fingerprint density at radius 2 is 1.65 bits per heavy atom. The first-order valence-corrected chi connectivity index (χ1v) is 11.7. The molecule has 1 saturated carbocycles. The smallest absolute Gasteiger partial charge is 0.156 e. The largest absolute Gasteiger partial charge is 0.365 e. The fourth-order valence-electron chi connectivity index (χ4n) is 4.50. The molecular weight excluding hydrogens is 431 g/mol. The molecule has 1 saturated heterocycles. The maximum atomic E-state index is 6.41. The molecule has 3 aromatic rings. The number of aromatic nitrogens is 3. The minimum absolute atomic E-state index is 0.433. The quantitative estimate of drug-likeness (QED) is 0.588. The first kappa shape index (κ1) is 20.7. The topological polar surface area (TPSA) is 57.2 Å². The predicted octanol–water partition coefficient (Wildman–Crippen LogP) is 5.10. The molecule has 2 aliphatic rings. The number of halogens is 2. The van der Waals surface area contributed by atoms with Crippen molar-refractivity contribution in [2.45, 2.75) is 31.7 Å². The van der Waals surface area contributed by atoms with Crippen LogP contribution in [0.2, 0.25) is 10.0 Å². The molecule has 0 spiro atoms. The molecule has 2 fully saturated rings. The number of likely N-dealkylation sites (N-methyl/N-ethyl adjacent to an activating group) is 1. The molecule has 0 amide bonds. The molecule has 2 aromatic heterocycles. The van der Waals surface area contributed by atoms with Gasteiger partial charge in [0.25, 0.3) is 0 Å². The number of benzene rings is 1. The summed E-state index contributed by atoms with van der Waals surface area (Å²) >= 11 is 12.8. The van der Waals surface area contributed by atoms with Gasteiger partial charge in [-0.3, -0.25) is 0 Å². The van der Waals surface area contributed by atoms with E-state index in [1.165, 1.54) is 12.8 Å². The van der Waals surface area contributed by atoms with Crippen LogP contribution in [0.1, 0.15) is 25.7 Å². The van der Waals surface area contributed by atoms with E-state index in [0.717, 1.165) is 72.7 Å². The standard InChI is InChI=1S/C23H26Cl2N6/c1-30-8-10-31(11-9-30)21-12-15(6-7-26-21)22-17-13-19(24)20(25)14-18(17)23(29-28-22)27-16-4-2-3-5-16/h6-7,12-14,16H,2-5,8-11H2,1H3,(H,27,29). The van der Waals surface area contributed by atoms with Crippen molar-refractivity contribution in [1.29, 1.82) is 0 Å². The van der Waals surface area contributed by atoms with E-state index in [1.54, 1.807) is 0 Å². The van der Waals surface area contributed by atoms with Crippen LogP contribution in [0, 0.1) is 0 Å². The summed E-state index contributed by atoms with van der Waals surface area (Å²) in [7, 11) is 2.15. The van der Waals surface area contributed by atoms with Gasteiger partial charge >= 0.3 is 0 Å². The third-order valence-electron chi connectivity index (χ3n) is 6.36. The molecule has 31 heavy (non-hydrogen) atoms. The van der Waals surface area contributed by atoms with E-state index in [-0.39, 0.29) is 0 Å². The number of anilines is 2. The molecule has 0 radical (unpaired) electrons. The molecule has 1 aliphatic heterocycles. The Bertz CT molecular complexity index is 1090. The first-order chi connectivity index (χ1) is 15.1. The molecule has 0 unspecified atom stereocenters. The molecular formula is C23H26Cl2N6. The SMILES string of the molecule is CN1CCN(c2cc(-c3nnc(NC4CCCC4)c4cc(Cl)c(Cl)cc34)ccn2)CC1. The molecule has 3 heterocycles. The zero-order chi connectivity index (χ0) is 21.4. The summed E-state index contributed by atoms with van der Waals surface area (Å²) in [5.41, 5.74) is 1.77. The Kier molecular flexibility index (Phi) is 5.87. The van der Waals surface area contributed by atoms with Gasteiger partial charge in [-0.05, 0) is 44.2 Å². The second kappa shape index (κ2) is 8.77. The van der Waals surface area contributed by atoms with Crippen LogP contribution in [-0.4, -0.2) is 59.3 Å². The minimum Gasteiger partial charge on any atom is -0.365 e. The van der Waals surface area contributed by atoms with E-state index in [9.17, 15) is 0 Å². The van der Waals surface area contributed by atoms with Gasteiger partial charge < -0.3 is 15.1 Å². The van der Waals surface area contributed by atoms with Crippen LogP contribution in [0.3, 0.4) is 0 Å². The summed E-state index contributed by atoms with van der Waals surface area (Å²) in [5.74, 6) is 1.74. The predicted molar refractivity (Wildman–Crippen MR) is 128 cm³/mol. The van der Waals surface area contributed by atoms with Crippen LogP contribution in [-0.2, 0) is 0 Å². The molecule has 0 atom stereocenters. The monoisotopic (exact) mass is 456 g/mol. The third kappa shape index (κ3) is 4.29. The lowest BCUT2D eigenvalue weighted by atomic mass is 10.0. The zero-order valence-electron chi connectivity index (χ0n) is 17.6. The van der Waals surface area contributed by atoms with Crippen LogP contribution < -0.4 is 10.2 Å². The van der Waals surface area contributed by atoms with Crippen molar-refractivity contribution in [1.82, 2.24) is 20.1 Å². The van der Waals surface area contributed by atoms with Crippen molar-refractivity contribution in [3.05, 3.63) is 40.5 Å². The Labute approximate surface area is 192 Å². The maximum Gasteiger partial charge on any atom is 0.156 e. The van der Waals surface area contributed by atoms with Crippen LogP contribution in [0.25, 0.3) is 22.0 Å². The van der Waals surface area contributed by atoms with Gasteiger partial charge in [-0.1, -0.05) is 36.0 Å². The van der Waals surface area contributed by atoms with E-state index < -0.39 is 0 Å². The molecule has 1 aromatic carbocycles. The molecule has 6 nitrogen and oxygen atoms in total. The third-order valence-corrected chi connectivity index (χ3v) is 7.09. The molecule has 162 valence electrons. The summed E-state index contributed by atoms with van der Waals surface area (Å²) in [6.45, 7) is 3.99. The number of hydrogen-bond acceptors (Lipinski definition) is 6. The van der Waals surface area contributed by atoms with Gasteiger partial charge in [0.1, 0.15) is 11.5 Å². The van der Waals surface area contributed by atoms with Crippen molar-refractivity contribution in [2.24, 2.45) is 0 Å². The van der Waals surface area contributed by atoms with Crippen molar-refractivity contribution in [3.63, 3.8) is 0 Å². The van der Waals surface area contributed by atoms with Crippen LogP contribution in [0.4, 0.5) is 11.6 Å². The van der Waals surface area contributed by atoms with Gasteiger partial charge in [0.05, 0.1) is 10.0 Å². The zero-order valence-corrected chi connectivity index (χ0v) is 19.1. The number of rotatable bonds is 4. The van der Waals surface area contributed by atoms with Gasteiger partial charge in [0.2, 0.25) is 0 Å². The normalized spacial score (nSPS) is 18.1. The highest BCUT2D eigenvalue weighted by atomic mass is 35.5. The summed E-state index contributed by atoms with van der Waals surface area (Å²) in [6.07, 6.45) is 6.66. The lowest BCUT2D eigenvalue weighted by Crippen LogP contribution is -2.44. The van der Waals surface area contributed by atoms with Crippen LogP contribution >= 0.6 is 23.2 Å². The number of fused-ring (bicyclic) bond motifs is 1. The van der Waals surface area contributed by atoms with Gasteiger partial charge in [-0.2, -0.15) is 0 Å². The summed E-state index contributed by atoms with van der Waals surface area (Å²) in [6, 6.07) is 8.32. The fraction of sp³-hybridized carbons (Fsp3) is 0.435. The first-order valence-electron chi connectivity index (χ1n) is 10.9. The number of pyridine rings is 1. The van der Waals surface area contributed by atoms with Gasteiger partial charge in [-0.15, -0.1) is 10.2 Å². The average Bonchev–Trinajstić information content (AvgIpc) is 3.29. The van der Waals surface area contributed by atoms with Crippen LogP contribution in [0.15, 0.2) is 30.5 Å². The van der Waals surface area contributed by atoms with Gasteiger partial charge in [0.15, 0.2) is 5.82 Å². The Hall–Kier alpha value is -2.15. The Balaban J connectivity index is 1.55. The molecule has 1 aliphatic carbocycles. The molecule has 1 N–H and O–H groups in total. The van der Waals surface area contributed by atoms with Crippen molar-refractivity contribution in [2.75, 3.05) is 43.4 Å². The molecule has 5 rings (SSSR count). The highest BCUT2D eigenvalue weighted by molar-refractivity contribution is 6.43. The average molecular weight is 457 g/mol. The highest BCUT2D eigenvalue weighted by Gasteiger charge is 2.20. The van der Waals surface area contributed by atoms with E-state index in [0.29, 0.717) is 16.1 Å². The summed E-state index contributed by atoms with van der Waals surface area (Å²) in [4.78, 5) is 9.26. The number of nitrogens with zero attached hydrogens (tertiary/aromatic N) is 5. The molecule has 8 heteroatoms. The highest BCUT2D eigenvalue weighted by Crippen LogP contribution is 2.37. The van der Waals surface area contributed by atoms with Gasteiger partial charge in [0, 0.05) is 54.8 Å². The van der Waals surface area contributed by atoms with Crippen molar-refractivity contribution in [3.8, 4) is 11.3 Å². The van der Waals surface area contributed by atoms with Gasteiger partial charge in [-0.25, -0.2) is 4.98 Å². The second-order valence-corrected chi connectivity index (χ2v) is 9.34.